The summed E-state index contributed by atoms with van der Waals surface area (Å²) in [4.78, 5) is 37.2. The molecule has 0 saturated heterocycles. The van der Waals surface area contributed by atoms with E-state index in [1.165, 1.54) is 11.3 Å². The minimum Gasteiger partial charge on any atom is -0.451 e. The maximum absolute atomic E-state index is 12.4. The van der Waals surface area contributed by atoms with Crippen LogP contribution in [0.5, 0.6) is 0 Å². The van der Waals surface area contributed by atoms with Crippen molar-refractivity contribution in [2.75, 3.05) is 13.2 Å². The van der Waals surface area contributed by atoms with E-state index in [0.29, 0.717) is 11.4 Å². The van der Waals surface area contributed by atoms with Crippen molar-refractivity contribution in [3.8, 4) is 5.69 Å². The average Bonchev–Trinajstić information content (AvgIpc) is 3.27. The number of amides is 2. The topological polar surface area (TPSA) is 102 Å². The minimum atomic E-state index is -0.704. The van der Waals surface area contributed by atoms with Crippen LogP contribution in [0.25, 0.3) is 15.9 Å². The van der Waals surface area contributed by atoms with Crippen molar-refractivity contribution in [1.82, 2.24) is 20.4 Å². The first-order chi connectivity index (χ1) is 13.9. The number of likely N-dealkylation sites (N-methyl/N-ethyl adjacent to an activating group) is 1. The summed E-state index contributed by atoms with van der Waals surface area (Å²) in [6.07, 6.45) is 0. The van der Waals surface area contributed by atoms with Gasteiger partial charge in [0.05, 0.1) is 11.4 Å². The van der Waals surface area contributed by atoms with Crippen LogP contribution in [0.4, 0.5) is 0 Å². The molecule has 2 heterocycles. The van der Waals surface area contributed by atoms with Gasteiger partial charge in [-0.1, -0.05) is 18.2 Å². The summed E-state index contributed by atoms with van der Waals surface area (Å²) in [6, 6.07) is 10.6. The molecule has 0 unspecified atom stereocenters. The zero-order chi connectivity index (χ0) is 21.0. The Kier molecular flexibility index (Phi) is 6.28. The molecule has 0 bridgehead atoms. The average molecular weight is 414 g/mol. The van der Waals surface area contributed by atoms with Gasteiger partial charge in [-0.25, -0.2) is 9.48 Å². The van der Waals surface area contributed by atoms with E-state index in [-0.39, 0.29) is 5.91 Å². The van der Waals surface area contributed by atoms with Gasteiger partial charge in [-0.3, -0.25) is 9.59 Å². The van der Waals surface area contributed by atoms with Gasteiger partial charge in [0.25, 0.3) is 5.91 Å². The number of aromatic nitrogens is 2. The summed E-state index contributed by atoms with van der Waals surface area (Å²) in [6.45, 7) is 5.24. The Hall–Kier alpha value is -3.20. The number of para-hydroxylation sites is 1. The second kappa shape index (κ2) is 8.87. The molecular formula is C20H22N4O4S. The lowest BCUT2D eigenvalue weighted by atomic mass is 10.3. The van der Waals surface area contributed by atoms with Gasteiger partial charge in [0.1, 0.15) is 15.7 Å². The first-order valence-corrected chi connectivity index (χ1v) is 10.0. The second-order valence-corrected chi connectivity index (χ2v) is 7.45. The van der Waals surface area contributed by atoms with Crippen molar-refractivity contribution in [3.05, 3.63) is 47.0 Å². The molecule has 3 rings (SSSR count). The number of fused-ring (bicyclic) bond motifs is 1. The second-order valence-electron chi connectivity index (χ2n) is 6.42. The number of benzene rings is 1. The Morgan fingerprint density at radius 3 is 2.66 bits per heavy atom. The maximum atomic E-state index is 12.4. The number of nitrogens with zero attached hydrogens (tertiary/aromatic N) is 2. The SMILES string of the molecule is CCNC(=O)[C@@H](C)NC(=O)COC(=O)c1cc2c(C)nn(-c3ccccc3)c2s1. The number of ether oxygens (including phenoxy) is 1. The fraction of sp³-hybridized carbons (Fsp3) is 0.300. The Bertz CT molecular complexity index is 1040. The Balaban J connectivity index is 1.67. The highest BCUT2D eigenvalue weighted by Gasteiger charge is 2.20. The molecular weight excluding hydrogens is 392 g/mol. The van der Waals surface area contributed by atoms with Crippen molar-refractivity contribution in [2.24, 2.45) is 0 Å². The van der Waals surface area contributed by atoms with Crippen molar-refractivity contribution in [2.45, 2.75) is 26.8 Å². The quantitative estimate of drug-likeness (QED) is 0.577. The molecule has 0 aliphatic carbocycles. The van der Waals surface area contributed by atoms with Crippen molar-refractivity contribution in [1.29, 1.82) is 0 Å². The van der Waals surface area contributed by atoms with Gasteiger partial charge in [0.2, 0.25) is 5.91 Å². The van der Waals surface area contributed by atoms with Gasteiger partial charge in [-0.2, -0.15) is 5.10 Å². The van der Waals surface area contributed by atoms with E-state index in [2.05, 4.69) is 15.7 Å². The molecule has 152 valence electrons. The Labute approximate surface area is 171 Å². The lowest BCUT2D eigenvalue weighted by Gasteiger charge is -2.13. The lowest BCUT2D eigenvalue weighted by molar-refractivity contribution is -0.130. The number of hydrogen-bond acceptors (Lipinski definition) is 6. The molecule has 0 fully saturated rings. The molecule has 0 spiro atoms. The number of hydrogen-bond donors (Lipinski definition) is 2. The van der Waals surface area contributed by atoms with Gasteiger partial charge in [-0.15, -0.1) is 11.3 Å². The van der Waals surface area contributed by atoms with Gasteiger partial charge < -0.3 is 15.4 Å². The summed E-state index contributed by atoms with van der Waals surface area (Å²) < 4.78 is 6.90. The van der Waals surface area contributed by atoms with E-state index in [0.717, 1.165) is 21.6 Å². The summed E-state index contributed by atoms with van der Waals surface area (Å²) in [5, 5.41) is 10.5. The van der Waals surface area contributed by atoms with Crippen molar-refractivity contribution >= 4 is 39.3 Å². The number of nitrogens with one attached hydrogen (secondary N) is 2. The number of esters is 1. The fourth-order valence-electron chi connectivity index (χ4n) is 2.77. The molecule has 3 aromatic rings. The van der Waals surface area contributed by atoms with Crippen molar-refractivity contribution in [3.63, 3.8) is 0 Å². The molecule has 0 aliphatic heterocycles. The molecule has 0 radical (unpaired) electrons. The van der Waals surface area contributed by atoms with E-state index < -0.39 is 24.5 Å². The van der Waals surface area contributed by atoms with Crippen LogP contribution in [-0.2, 0) is 14.3 Å². The third-order valence-corrected chi connectivity index (χ3v) is 5.29. The number of carbonyl (C=O) groups is 3. The molecule has 1 aromatic carbocycles. The monoisotopic (exact) mass is 414 g/mol. The van der Waals surface area contributed by atoms with Gasteiger partial charge in [-0.05, 0) is 39.0 Å². The highest BCUT2D eigenvalue weighted by molar-refractivity contribution is 7.20. The van der Waals surface area contributed by atoms with Crippen LogP contribution in [-0.4, -0.2) is 46.8 Å². The number of rotatable bonds is 7. The molecule has 2 aromatic heterocycles. The van der Waals surface area contributed by atoms with E-state index in [1.807, 2.05) is 37.3 Å². The van der Waals surface area contributed by atoms with E-state index >= 15 is 0 Å². The van der Waals surface area contributed by atoms with Gasteiger partial charge in [0.15, 0.2) is 6.61 Å². The minimum absolute atomic E-state index is 0.294. The Morgan fingerprint density at radius 2 is 1.97 bits per heavy atom. The zero-order valence-corrected chi connectivity index (χ0v) is 17.2. The standard InChI is InChI=1S/C20H22N4O4S/c1-4-21-18(26)13(3)22-17(25)11-28-20(27)16-10-15-12(2)23-24(19(15)29-16)14-8-6-5-7-9-14/h5-10,13H,4,11H2,1-3H3,(H,21,26)(H,22,25)/t13-/m1/s1. The van der Waals surface area contributed by atoms with Gasteiger partial charge in [0, 0.05) is 11.9 Å². The molecule has 0 saturated carbocycles. The van der Waals surface area contributed by atoms with Crippen LogP contribution in [0.3, 0.4) is 0 Å². The lowest BCUT2D eigenvalue weighted by Crippen LogP contribution is -2.46. The predicted octanol–water partition coefficient (Wildman–Crippen LogP) is 2.19. The third-order valence-electron chi connectivity index (χ3n) is 4.20. The van der Waals surface area contributed by atoms with E-state index in [4.69, 9.17) is 4.74 Å². The first-order valence-electron chi connectivity index (χ1n) is 9.19. The van der Waals surface area contributed by atoms with Crippen LogP contribution >= 0.6 is 11.3 Å². The smallest absolute Gasteiger partial charge is 0.348 e. The van der Waals surface area contributed by atoms with Crippen LogP contribution in [0.15, 0.2) is 36.4 Å². The first kappa shape index (κ1) is 20.5. The largest absolute Gasteiger partial charge is 0.451 e. The van der Waals surface area contributed by atoms with Crippen molar-refractivity contribution < 1.29 is 19.1 Å². The zero-order valence-electron chi connectivity index (χ0n) is 16.4. The Morgan fingerprint density at radius 1 is 1.24 bits per heavy atom. The van der Waals surface area contributed by atoms with Crippen LogP contribution in [0.1, 0.15) is 29.2 Å². The van der Waals surface area contributed by atoms with Crippen LogP contribution in [0.2, 0.25) is 0 Å². The molecule has 2 N–H and O–H groups in total. The number of aryl methyl sites for hydroxylation is 1. The normalized spacial score (nSPS) is 11.8. The number of thiophene rings is 1. The summed E-state index contributed by atoms with van der Waals surface area (Å²) in [7, 11) is 0. The summed E-state index contributed by atoms with van der Waals surface area (Å²) in [5.74, 6) is -1.42. The molecule has 0 aliphatic rings. The highest BCUT2D eigenvalue weighted by Crippen LogP contribution is 2.30. The summed E-state index contributed by atoms with van der Waals surface area (Å²) >= 11 is 1.25. The molecule has 9 heteroatoms. The molecule has 29 heavy (non-hydrogen) atoms. The van der Waals surface area contributed by atoms with E-state index in [1.54, 1.807) is 24.6 Å². The molecule has 2 amide bonds. The van der Waals surface area contributed by atoms with Crippen LogP contribution in [0, 0.1) is 6.92 Å². The third kappa shape index (κ3) is 4.62. The molecule has 8 nitrogen and oxygen atoms in total. The molecule has 1 atom stereocenters. The van der Waals surface area contributed by atoms with Crippen LogP contribution < -0.4 is 10.6 Å². The van der Waals surface area contributed by atoms with Gasteiger partial charge >= 0.3 is 5.97 Å². The number of carbonyl (C=O) groups excluding carboxylic acids is 3. The fourth-order valence-corrected chi connectivity index (χ4v) is 3.85. The highest BCUT2D eigenvalue weighted by atomic mass is 32.1. The van der Waals surface area contributed by atoms with E-state index in [9.17, 15) is 14.4 Å². The maximum Gasteiger partial charge on any atom is 0.348 e. The predicted molar refractivity (Wildman–Crippen MR) is 110 cm³/mol. The summed E-state index contributed by atoms with van der Waals surface area (Å²) in [5.41, 5.74) is 1.69.